The molecule has 0 aromatic carbocycles. The van der Waals surface area contributed by atoms with Crippen molar-refractivity contribution >= 4 is 23.5 Å². The molecule has 0 bridgehead atoms. The lowest BCUT2D eigenvalue weighted by Crippen LogP contribution is -2.43. The number of rotatable bonds is 7. The van der Waals surface area contributed by atoms with Crippen LogP contribution in [0.25, 0.3) is 0 Å². The molecule has 2 rings (SSSR count). The van der Waals surface area contributed by atoms with E-state index in [1.54, 1.807) is 0 Å². The normalized spacial score (nSPS) is 18.7. The van der Waals surface area contributed by atoms with Gasteiger partial charge in [0.05, 0.1) is 19.3 Å². The molecule has 6 nitrogen and oxygen atoms in total. The fourth-order valence-corrected chi connectivity index (χ4v) is 2.86. The van der Waals surface area contributed by atoms with Crippen molar-refractivity contribution in [3.05, 3.63) is 23.9 Å². The van der Waals surface area contributed by atoms with Crippen LogP contribution in [-0.2, 0) is 11.3 Å². The second kappa shape index (κ2) is 10.0. The van der Waals surface area contributed by atoms with Crippen molar-refractivity contribution in [2.45, 2.75) is 45.1 Å². The van der Waals surface area contributed by atoms with Crippen LogP contribution in [0, 0.1) is 0 Å². The van der Waals surface area contributed by atoms with Crippen molar-refractivity contribution in [3.63, 3.8) is 0 Å². The van der Waals surface area contributed by atoms with E-state index < -0.39 is 0 Å². The highest BCUT2D eigenvalue weighted by molar-refractivity contribution is 7.99. The molecule has 1 aromatic rings. The lowest BCUT2D eigenvalue weighted by atomic mass is 10.2. The van der Waals surface area contributed by atoms with E-state index in [1.165, 1.54) is 0 Å². The van der Waals surface area contributed by atoms with Crippen LogP contribution in [-0.4, -0.2) is 60.8 Å². The number of hydrogen-bond donors (Lipinski definition) is 2. The van der Waals surface area contributed by atoms with Crippen LogP contribution in [0.3, 0.4) is 0 Å². The van der Waals surface area contributed by atoms with Gasteiger partial charge in [-0.15, -0.1) is 0 Å². The topological polar surface area (TPSA) is 61.8 Å². The Bertz CT molecular complexity index is 593. The molecule has 2 heterocycles. The summed E-state index contributed by atoms with van der Waals surface area (Å²) >= 11 is 1.85. The number of nitrogens with zero attached hydrogens (tertiary/aromatic N) is 3. The van der Waals surface area contributed by atoms with Crippen molar-refractivity contribution in [3.8, 4) is 0 Å². The van der Waals surface area contributed by atoms with Gasteiger partial charge in [-0.2, -0.15) is 11.8 Å². The number of anilines is 1. The fraction of sp³-hybridized carbons (Fsp3) is 0.684. The van der Waals surface area contributed by atoms with Gasteiger partial charge in [0.2, 0.25) is 0 Å². The van der Waals surface area contributed by atoms with Crippen LogP contribution in [0.1, 0.15) is 33.3 Å². The zero-order chi connectivity index (χ0) is 19.0. The molecule has 0 amide bonds. The molecule has 1 unspecified atom stereocenters. The van der Waals surface area contributed by atoms with Crippen molar-refractivity contribution in [2.24, 2.45) is 4.99 Å². The van der Waals surface area contributed by atoms with Crippen molar-refractivity contribution in [1.29, 1.82) is 0 Å². The van der Waals surface area contributed by atoms with E-state index in [0.29, 0.717) is 6.54 Å². The van der Waals surface area contributed by atoms with Gasteiger partial charge in [0.1, 0.15) is 5.82 Å². The van der Waals surface area contributed by atoms with Crippen LogP contribution in [0.2, 0.25) is 0 Å². The Kier molecular flexibility index (Phi) is 8.03. The molecule has 2 N–H and O–H groups in total. The monoisotopic (exact) mass is 379 g/mol. The smallest absolute Gasteiger partial charge is 0.191 e. The van der Waals surface area contributed by atoms with Crippen LogP contribution in [0.5, 0.6) is 0 Å². The SMILES string of the molecule is CCNC(=NCc1ccnc(N2CCOC(C)C2)c1)NCC(C)(C)SC. The van der Waals surface area contributed by atoms with Crippen LogP contribution in [0.4, 0.5) is 5.82 Å². The van der Waals surface area contributed by atoms with E-state index >= 15 is 0 Å². The highest BCUT2D eigenvalue weighted by Gasteiger charge is 2.18. The molecule has 7 heteroatoms. The molecule has 1 aliphatic heterocycles. The molecule has 146 valence electrons. The van der Waals surface area contributed by atoms with Crippen LogP contribution in [0.15, 0.2) is 23.3 Å². The molecule has 1 aromatic heterocycles. The van der Waals surface area contributed by atoms with Gasteiger partial charge in [-0.3, -0.25) is 0 Å². The van der Waals surface area contributed by atoms with Gasteiger partial charge in [-0.1, -0.05) is 0 Å². The Morgan fingerprint density at radius 1 is 1.46 bits per heavy atom. The lowest BCUT2D eigenvalue weighted by Gasteiger charge is -2.32. The van der Waals surface area contributed by atoms with Gasteiger partial charge in [-0.25, -0.2) is 9.98 Å². The summed E-state index contributed by atoms with van der Waals surface area (Å²) in [6, 6.07) is 4.17. The Hall–Kier alpha value is -1.47. The summed E-state index contributed by atoms with van der Waals surface area (Å²) in [7, 11) is 0. The molecule has 1 aliphatic rings. The summed E-state index contributed by atoms with van der Waals surface area (Å²) in [5.41, 5.74) is 1.16. The van der Waals surface area contributed by atoms with E-state index in [0.717, 1.165) is 50.1 Å². The molecule has 1 fully saturated rings. The van der Waals surface area contributed by atoms with Crippen LogP contribution >= 0.6 is 11.8 Å². The Balaban J connectivity index is 2.00. The third kappa shape index (κ3) is 6.68. The van der Waals surface area contributed by atoms with E-state index in [4.69, 9.17) is 9.73 Å². The molecule has 0 saturated carbocycles. The van der Waals surface area contributed by atoms with E-state index in [9.17, 15) is 0 Å². The van der Waals surface area contributed by atoms with Gasteiger partial charge in [-0.05, 0) is 51.6 Å². The van der Waals surface area contributed by atoms with Crippen molar-refractivity contribution in [2.75, 3.05) is 43.9 Å². The van der Waals surface area contributed by atoms with Crippen LogP contribution < -0.4 is 15.5 Å². The van der Waals surface area contributed by atoms with Gasteiger partial charge < -0.3 is 20.3 Å². The minimum atomic E-state index is 0.174. The van der Waals surface area contributed by atoms with E-state index in [-0.39, 0.29) is 10.9 Å². The van der Waals surface area contributed by atoms with Crippen molar-refractivity contribution < 1.29 is 4.74 Å². The number of thioether (sulfide) groups is 1. The largest absolute Gasteiger partial charge is 0.375 e. The molecule has 1 saturated heterocycles. The predicted octanol–water partition coefficient (Wildman–Crippen LogP) is 2.50. The summed E-state index contributed by atoms with van der Waals surface area (Å²) in [6.45, 7) is 13.5. The average Bonchev–Trinajstić information content (AvgIpc) is 2.64. The molecule has 1 atom stereocenters. The van der Waals surface area contributed by atoms with E-state index in [2.05, 4.69) is 60.5 Å². The minimum Gasteiger partial charge on any atom is -0.375 e. The predicted molar refractivity (Wildman–Crippen MR) is 112 cm³/mol. The quantitative estimate of drug-likeness (QED) is 0.561. The zero-order valence-corrected chi connectivity index (χ0v) is 17.5. The average molecular weight is 380 g/mol. The lowest BCUT2D eigenvalue weighted by molar-refractivity contribution is 0.0529. The van der Waals surface area contributed by atoms with Gasteiger partial charge in [0.15, 0.2) is 5.96 Å². The molecule has 0 aliphatic carbocycles. The number of aliphatic imine (C=N–C) groups is 1. The Morgan fingerprint density at radius 2 is 2.27 bits per heavy atom. The molecule has 0 radical (unpaired) electrons. The van der Waals surface area contributed by atoms with Gasteiger partial charge >= 0.3 is 0 Å². The second-order valence-electron chi connectivity index (χ2n) is 7.16. The number of pyridine rings is 1. The first-order valence-electron chi connectivity index (χ1n) is 9.32. The highest BCUT2D eigenvalue weighted by atomic mass is 32.2. The molecular weight excluding hydrogens is 346 g/mol. The van der Waals surface area contributed by atoms with Gasteiger partial charge in [0, 0.05) is 37.1 Å². The number of morpholine rings is 1. The minimum absolute atomic E-state index is 0.174. The number of ether oxygens (including phenoxy) is 1. The first-order valence-corrected chi connectivity index (χ1v) is 10.5. The van der Waals surface area contributed by atoms with Gasteiger partial charge in [0.25, 0.3) is 0 Å². The summed E-state index contributed by atoms with van der Waals surface area (Å²) < 4.78 is 5.79. The number of aromatic nitrogens is 1. The van der Waals surface area contributed by atoms with Crippen molar-refractivity contribution in [1.82, 2.24) is 15.6 Å². The summed E-state index contributed by atoms with van der Waals surface area (Å²) in [6.07, 6.45) is 4.25. The fourth-order valence-electron chi connectivity index (χ4n) is 2.64. The number of guanidine groups is 1. The summed E-state index contributed by atoms with van der Waals surface area (Å²) in [5, 5.41) is 6.76. The number of nitrogens with one attached hydrogen (secondary N) is 2. The molecule has 26 heavy (non-hydrogen) atoms. The maximum Gasteiger partial charge on any atom is 0.191 e. The summed E-state index contributed by atoms with van der Waals surface area (Å²) in [5.74, 6) is 1.86. The summed E-state index contributed by atoms with van der Waals surface area (Å²) in [4.78, 5) is 11.5. The molecule has 0 spiro atoms. The maximum atomic E-state index is 5.62. The first kappa shape index (κ1) is 20.8. The standard InChI is InChI=1S/C19H33N5OS/c1-6-20-18(23-14-19(3,4)26-5)22-12-16-7-8-21-17(11-16)24-9-10-25-15(2)13-24/h7-8,11,15H,6,9-10,12-14H2,1-5H3,(H2,20,22,23). The van der Waals surface area contributed by atoms with E-state index in [1.807, 2.05) is 24.0 Å². The second-order valence-corrected chi connectivity index (χ2v) is 8.68. The third-order valence-electron chi connectivity index (χ3n) is 4.37. The Labute approximate surface area is 162 Å². The molecular formula is C19H33N5OS. The maximum absolute atomic E-state index is 5.62. The zero-order valence-electron chi connectivity index (χ0n) is 16.7. The Morgan fingerprint density at radius 3 is 2.96 bits per heavy atom. The first-order chi connectivity index (χ1) is 12.4. The number of hydrogen-bond acceptors (Lipinski definition) is 5. The third-order valence-corrected chi connectivity index (χ3v) is 5.62. The highest BCUT2D eigenvalue weighted by Crippen LogP contribution is 2.19.